The molecule has 5 nitrogen and oxygen atoms in total. The van der Waals surface area contributed by atoms with Gasteiger partial charge in [0.1, 0.15) is 11.5 Å². The van der Waals surface area contributed by atoms with Crippen LogP contribution in [0, 0.1) is 0 Å². The van der Waals surface area contributed by atoms with E-state index in [9.17, 15) is 18.1 Å². The fourth-order valence-electron chi connectivity index (χ4n) is 2.29. The molecule has 0 aliphatic heterocycles. The molecule has 0 aromatic heterocycles. The Labute approximate surface area is 139 Å². The van der Waals surface area contributed by atoms with Gasteiger partial charge in [0.25, 0.3) is 0 Å². The fraction of sp³-hybridized carbons (Fsp3) is 0.647. The molecule has 0 spiro atoms. The molecule has 0 heterocycles. The van der Waals surface area contributed by atoms with Crippen LogP contribution in [0.5, 0.6) is 11.5 Å². The van der Waals surface area contributed by atoms with E-state index in [1.807, 2.05) is 47.6 Å². The molecule has 1 aromatic rings. The molecule has 0 saturated carbocycles. The summed E-state index contributed by atoms with van der Waals surface area (Å²) < 4.78 is 37.7. The zero-order chi connectivity index (χ0) is 18.1. The highest BCUT2D eigenvalue weighted by molar-refractivity contribution is 7.85. The topological polar surface area (TPSA) is 86.7 Å². The van der Waals surface area contributed by atoms with Gasteiger partial charge < -0.3 is 14.4 Å². The van der Waals surface area contributed by atoms with Gasteiger partial charge in [-0.25, -0.2) is 8.42 Å². The Balaban J connectivity index is 3.11. The summed E-state index contributed by atoms with van der Waals surface area (Å²) in [6, 6.07) is 3.52. The van der Waals surface area contributed by atoms with Crippen LogP contribution < -0.4 is 4.74 Å². The summed E-state index contributed by atoms with van der Waals surface area (Å²) in [6.07, 6.45) is 0.140. The van der Waals surface area contributed by atoms with Gasteiger partial charge >= 0.3 is 0 Å². The molecule has 1 rings (SSSR count). The van der Waals surface area contributed by atoms with E-state index in [2.05, 4.69) is 0 Å². The van der Waals surface area contributed by atoms with Crippen molar-refractivity contribution in [3.63, 3.8) is 0 Å². The lowest BCUT2D eigenvalue weighted by atomic mass is 9.81. The summed E-state index contributed by atoms with van der Waals surface area (Å²) >= 11 is 0. The van der Waals surface area contributed by atoms with Crippen molar-refractivity contribution in [2.75, 3.05) is 12.4 Å². The zero-order valence-corrected chi connectivity index (χ0v) is 15.6. The molecule has 0 fully saturated rings. The number of rotatable bonds is 5. The number of aromatic hydroxyl groups is 1. The average molecular weight is 343 g/mol. The molecular weight excluding hydrogens is 316 g/mol. The van der Waals surface area contributed by atoms with Crippen molar-refractivity contribution in [1.82, 2.24) is 0 Å². The summed E-state index contributed by atoms with van der Waals surface area (Å²) in [5.74, 6) is 0.391. The minimum absolute atomic E-state index is 0.138. The summed E-state index contributed by atoms with van der Waals surface area (Å²) in [6.45, 7) is 12.1. The number of benzene rings is 1. The van der Waals surface area contributed by atoms with Gasteiger partial charge in [-0.3, -0.25) is 0 Å². The molecular formula is C17H27O5S-. The lowest BCUT2D eigenvalue weighted by Crippen LogP contribution is -2.18. The van der Waals surface area contributed by atoms with Gasteiger partial charge in [0.15, 0.2) is 0 Å². The van der Waals surface area contributed by atoms with Crippen molar-refractivity contribution in [2.24, 2.45) is 0 Å². The first-order chi connectivity index (χ1) is 10.2. The molecule has 132 valence electrons. The normalized spacial score (nSPS) is 13.2. The SMILES string of the molecule is CC(C)(C)c1cc(OCCCS(=O)(=O)[O-])c(C(C)(C)C)cc1O. The van der Waals surface area contributed by atoms with Gasteiger partial charge in [-0.15, -0.1) is 0 Å². The van der Waals surface area contributed by atoms with Gasteiger partial charge in [-0.05, 0) is 29.4 Å². The summed E-state index contributed by atoms with van der Waals surface area (Å²) in [7, 11) is -4.23. The predicted octanol–water partition coefficient (Wildman–Crippen LogP) is 3.30. The molecule has 0 saturated heterocycles. The highest BCUT2D eigenvalue weighted by Gasteiger charge is 2.25. The van der Waals surface area contributed by atoms with Crippen molar-refractivity contribution in [2.45, 2.75) is 58.8 Å². The first-order valence-corrected chi connectivity index (χ1v) is 9.24. The smallest absolute Gasteiger partial charge is 0.123 e. The van der Waals surface area contributed by atoms with Crippen LogP contribution in [0.3, 0.4) is 0 Å². The monoisotopic (exact) mass is 343 g/mol. The molecule has 1 N–H and O–H groups in total. The third-order valence-corrected chi connectivity index (χ3v) is 4.30. The molecule has 6 heteroatoms. The predicted molar refractivity (Wildman–Crippen MR) is 90.2 cm³/mol. The highest BCUT2D eigenvalue weighted by Crippen LogP contribution is 2.40. The molecule has 0 amide bonds. The fourth-order valence-corrected chi connectivity index (χ4v) is 2.76. The largest absolute Gasteiger partial charge is 0.748 e. The van der Waals surface area contributed by atoms with Crippen molar-refractivity contribution < 1.29 is 22.8 Å². The van der Waals surface area contributed by atoms with Crippen LogP contribution in [-0.4, -0.2) is 30.4 Å². The van der Waals surface area contributed by atoms with Crippen LogP contribution in [0.2, 0.25) is 0 Å². The zero-order valence-electron chi connectivity index (χ0n) is 14.8. The van der Waals surface area contributed by atoms with E-state index in [0.29, 0.717) is 5.75 Å². The van der Waals surface area contributed by atoms with E-state index in [0.717, 1.165) is 11.1 Å². The van der Waals surface area contributed by atoms with Crippen LogP contribution in [0.1, 0.15) is 59.1 Å². The third kappa shape index (κ3) is 6.03. The third-order valence-electron chi connectivity index (χ3n) is 3.51. The molecule has 0 radical (unpaired) electrons. The van der Waals surface area contributed by atoms with Gasteiger partial charge in [0, 0.05) is 16.9 Å². The van der Waals surface area contributed by atoms with Crippen molar-refractivity contribution in [1.29, 1.82) is 0 Å². The molecule has 23 heavy (non-hydrogen) atoms. The van der Waals surface area contributed by atoms with E-state index in [1.54, 1.807) is 6.07 Å². The quantitative estimate of drug-likeness (QED) is 0.655. The van der Waals surface area contributed by atoms with Crippen molar-refractivity contribution in [3.8, 4) is 11.5 Å². The number of phenolic OH excluding ortho intramolecular Hbond substituents is 1. The number of hydrogen-bond acceptors (Lipinski definition) is 5. The number of phenols is 1. The Kier molecular flexibility index (Phi) is 5.75. The Morgan fingerprint density at radius 1 is 1.04 bits per heavy atom. The molecule has 0 atom stereocenters. The highest BCUT2D eigenvalue weighted by atomic mass is 32.2. The Morgan fingerprint density at radius 3 is 2.00 bits per heavy atom. The van der Waals surface area contributed by atoms with E-state index in [1.165, 1.54) is 0 Å². The Bertz CT molecular complexity index is 649. The van der Waals surface area contributed by atoms with Crippen LogP contribution in [0.25, 0.3) is 0 Å². The Morgan fingerprint density at radius 2 is 1.57 bits per heavy atom. The second-order valence-electron chi connectivity index (χ2n) is 7.83. The molecule has 1 aromatic carbocycles. The number of hydrogen-bond donors (Lipinski definition) is 1. The van der Waals surface area contributed by atoms with Crippen LogP contribution in [0.15, 0.2) is 12.1 Å². The summed E-state index contributed by atoms with van der Waals surface area (Å²) in [4.78, 5) is 0. The van der Waals surface area contributed by atoms with E-state index in [-0.39, 0.29) is 29.6 Å². The van der Waals surface area contributed by atoms with Crippen LogP contribution >= 0.6 is 0 Å². The second kappa shape index (κ2) is 6.69. The molecule has 0 aliphatic rings. The maximum atomic E-state index is 10.7. The van der Waals surface area contributed by atoms with Crippen LogP contribution in [-0.2, 0) is 20.9 Å². The minimum atomic E-state index is -4.23. The molecule has 0 bridgehead atoms. The van der Waals surface area contributed by atoms with Crippen LogP contribution in [0.4, 0.5) is 0 Å². The van der Waals surface area contributed by atoms with Gasteiger partial charge in [0.2, 0.25) is 0 Å². The Hall–Kier alpha value is -1.27. The maximum Gasteiger partial charge on any atom is 0.123 e. The minimum Gasteiger partial charge on any atom is -0.748 e. The maximum absolute atomic E-state index is 10.7. The lowest BCUT2D eigenvalue weighted by Gasteiger charge is -2.27. The van der Waals surface area contributed by atoms with Crippen molar-refractivity contribution >= 4 is 10.1 Å². The summed E-state index contributed by atoms with van der Waals surface area (Å²) in [5, 5.41) is 10.3. The first kappa shape index (κ1) is 19.8. The van der Waals surface area contributed by atoms with E-state index < -0.39 is 15.9 Å². The second-order valence-corrected chi connectivity index (χ2v) is 9.35. The first-order valence-electron chi connectivity index (χ1n) is 7.66. The van der Waals surface area contributed by atoms with Crippen molar-refractivity contribution in [3.05, 3.63) is 23.3 Å². The molecule has 0 aliphatic carbocycles. The van der Waals surface area contributed by atoms with E-state index in [4.69, 9.17) is 4.74 Å². The standard InChI is InChI=1S/C17H28O5S/c1-16(2,3)12-11-15(22-8-7-9-23(19,20)21)13(10-14(12)18)17(4,5)6/h10-11,18H,7-9H2,1-6H3,(H,19,20,21)/p-1. The van der Waals surface area contributed by atoms with Gasteiger partial charge in [-0.1, -0.05) is 41.5 Å². The van der Waals surface area contributed by atoms with Gasteiger partial charge in [-0.2, -0.15) is 0 Å². The number of ether oxygens (including phenoxy) is 1. The molecule has 0 unspecified atom stereocenters. The summed E-state index contributed by atoms with van der Waals surface area (Å²) in [5.41, 5.74) is 1.11. The lowest BCUT2D eigenvalue weighted by molar-refractivity contribution is 0.304. The van der Waals surface area contributed by atoms with E-state index >= 15 is 0 Å². The van der Waals surface area contributed by atoms with Gasteiger partial charge in [0.05, 0.1) is 16.7 Å². The average Bonchev–Trinajstić information content (AvgIpc) is 2.31.